The van der Waals surface area contributed by atoms with Crippen LogP contribution in [0, 0.1) is 0 Å². The molecule has 1 heterocycles. The van der Waals surface area contributed by atoms with Gasteiger partial charge in [0.15, 0.2) is 0 Å². The Hall–Kier alpha value is -0.920. The summed E-state index contributed by atoms with van der Waals surface area (Å²) in [6.45, 7) is 1.69. The van der Waals surface area contributed by atoms with Gasteiger partial charge in [-0.25, -0.2) is 0 Å². The Labute approximate surface area is 88.6 Å². The van der Waals surface area contributed by atoms with E-state index in [0.717, 1.165) is 0 Å². The minimum Gasteiger partial charge on any atom is -0.332 e. The molecule has 0 saturated carbocycles. The van der Waals surface area contributed by atoms with Crippen LogP contribution in [0.15, 0.2) is 0 Å². The van der Waals surface area contributed by atoms with Gasteiger partial charge in [-0.15, -0.1) is 0 Å². The summed E-state index contributed by atoms with van der Waals surface area (Å²) in [7, 11) is 0. The zero-order valence-corrected chi connectivity index (χ0v) is 8.44. The number of rotatable bonds is 1. The number of nitrogens with one attached hydrogen (secondary N) is 1. The molecule has 0 radical (unpaired) electrons. The van der Waals surface area contributed by atoms with Gasteiger partial charge < -0.3 is 10.2 Å². The van der Waals surface area contributed by atoms with Gasteiger partial charge in [-0.3, -0.25) is 4.79 Å². The SMILES string of the molecule is C[C@H]1CNCCN1C(=O)C(F)(F)C(F)(F)F. The molecule has 0 spiro atoms. The molecule has 1 atom stereocenters. The molecule has 1 aliphatic heterocycles. The number of nitrogens with zero attached hydrogens (tertiary/aromatic N) is 1. The second-order valence-electron chi connectivity index (χ2n) is 3.62. The molecule has 94 valence electrons. The predicted octanol–water partition coefficient (Wildman–Crippen LogP) is 1.00. The van der Waals surface area contributed by atoms with Gasteiger partial charge >= 0.3 is 18.0 Å². The van der Waals surface area contributed by atoms with Crippen molar-refractivity contribution in [2.45, 2.75) is 25.1 Å². The van der Waals surface area contributed by atoms with Crippen molar-refractivity contribution >= 4 is 5.91 Å². The molecule has 0 bridgehead atoms. The number of amides is 1. The third kappa shape index (κ3) is 2.26. The van der Waals surface area contributed by atoms with E-state index in [1.807, 2.05) is 0 Å². The van der Waals surface area contributed by atoms with Crippen molar-refractivity contribution in [2.75, 3.05) is 19.6 Å². The van der Waals surface area contributed by atoms with Gasteiger partial charge in [0.25, 0.3) is 0 Å². The molecule has 8 heteroatoms. The molecule has 1 N–H and O–H groups in total. The minimum atomic E-state index is -5.84. The maximum atomic E-state index is 12.7. The van der Waals surface area contributed by atoms with Crippen LogP contribution in [-0.4, -0.2) is 48.6 Å². The third-order valence-electron chi connectivity index (χ3n) is 2.39. The average molecular weight is 246 g/mol. The fourth-order valence-electron chi connectivity index (χ4n) is 1.44. The van der Waals surface area contributed by atoms with Crippen LogP contribution < -0.4 is 5.32 Å². The Kier molecular flexibility index (Phi) is 3.41. The highest BCUT2D eigenvalue weighted by Gasteiger charge is 2.65. The Morgan fingerprint density at radius 2 is 1.88 bits per heavy atom. The normalized spacial score (nSPS) is 23.4. The summed E-state index contributed by atoms with van der Waals surface area (Å²) in [6, 6.07) is -0.672. The van der Waals surface area contributed by atoms with Crippen LogP contribution in [0.1, 0.15) is 6.92 Å². The summed E-state index contributed by atoms with van der Waals surface area (Å²) < 4.78 is 61.3. The first-order chi connectivity index (χ1) is 7.18. The van der Waals surface area contributed by atoms with E-state index in [1.165, 1.54) is 6.92 Å². The molecule has 1 fully saturated rings. The lowest BCUT2D eigenvalue weighted by molar-refractivity contribution is -0.275. The Morgan fingerprint density at radius 3 is 2.31 bits per heavy atom. The van der Waals surface area contributed by atoms with Crippen LogP contribution in [0.5, 0.6) is 0 Å². The summed E-state index contributed by atoms with van der Waals surface area (Å²) in [5.41, 5.74) is 0. The summed E-state index contributed by atoms with van der Waals surface area (Å²) in [5.74, 6) is -7.48. The van der Waals surface area contributed by atoms with E-state index in [-0.39, 0.29) is 19.6 Å². The monoisotopic (exact) mass is 246 g/mol. The Balaban J connectivity index is 2.84. The molecular weight excluding hydrogens is 235 g/mol. The van der Waals surface area contributed by atoms with Gasteiger partial charge in [-0.1, -0.05) is 0 Å². The third-order valence-corrected chi connectivity index (χ3v) is 2.39. The van der Waals surface area contributed by atoms with Gasteiger partial charge in [0.05, 0.1) is 0 Å². The van der Waals surface area contributed by atoms with E-state index in [1.54, 1.807) is 0 Å². The molecule has 0 aromatic heterocycles. The van der Waals surface area contributed by atoms with E-state index < -0.39 is 24.0 Å². The molecule has 0 aliphatic carbocycles. The summed E-state index contributed by atoms with van der Waals surface area (Å²) in [5, 5.41) is 2.79. The van der Waals surface area contributed by atoms with Crippen molar-refractivity contribution in [2.24, 2.45) is 0 Å². The molecule has 0 aromatic rings. The molecule has 1 amide bonds. The lowest BCUT2D eigenvalue weighted by Crippen LogP contribution is -2.59. The van der Waals surface area contributed by atoms with E-state index >= 15 is 0 Å². The van der Waals surface area contributed by atoms with Crippen molar-refractivity contribution in [1.29, 1.82) is 0 Å². The maximum absolute atomic E-state index is 12.7. The number of hydrogen-bond donors (Lipinski definition) is 1. The number of carbonyl (C=O) groups excluding carboxylic acids is 1. The van der Waals surface area contributed by atoms with Crippen LogP contribution in [0.4, 0.5) is 22.0 Å². The highest BCUT2D eigenvalue weighted by atomic mass is 19.4. The van der Waals surface area contributed by atoms with Gasteiger partial charge in [0, 0.05) is 25.7 Å². The van der Waals surface area contributed by atoms with Crippen molar-refractivity contribution in [1.82, 2.24) is 10.2 Å². The Morgan fingerprint density at radius 1 is 1.31 bits per heavy atom. The Bertz CT molecular complexity index is 278. The molecule has 1 rings (SSSR count). The number of carbonyl (C=O) groups is 1. The zero-order chi connectivity index (χ0) is 12.6. The van der Waals surface area contributed by atoms with Crippen LogP contribution in [0.3, 0.4) is 0 Å². The number of alkyl halides is 5. The van der Waals surface area contributed by atoms with E-state index in [2.05, 4.69) is 5.32 Å². The maximum Gasteiger partial charge on any atom is 0.463 e. The first-order valence-electron chi connectivity index (χ1n) is 4.64. The second kappa shape index (κ2) is 4.15. The fourth-order valence-corrected chi connectivity index (χ4v) is 1.44. The number of halogens is 5. The molecule has 0 unspecified atom stereocenters. The quantitative estimate of drug-likeness (QED) is 0.700. The number of hydrogen-bond acceptors (Lipinski definition) is 2. The fraction of sp³-hybridized carbons (Fsp3) is 0.875. The molecule has 3 nitrogen and oxygen atoms in total. The largest absolute Gasteiger partial charge is 0.463 e. The van der Waals surface area contributed by atoms with Crippen molar-refractivity contribution in [3.05, 3.63) is 0 Å². The lowest BCUT2D eigenvalue weighted by atomic mass is 10.1. The molecule has 1 aliphatic rings. The highest BCUT2D eigenvalue weighted by molar-refractivity contribution is 5.84. The van der Waals surface area contributed by atoms with Crippen LogP contribution in [0.25, 0.3) is 0 Å². The van der Waals surface area contributed by atoms with Gasteiger partial charge in [-0.05, 0) is 6.92 Å². The minimum absolute atomic E-state index is 0.147. The van der Waals surface area contributed by atoms with E-state index in [0.29, 0.717) is 4.90 Å². The smallest absolute Gasteiger partial charge is 0.332 e. The first kappa shape index (κ1) is 13.1. The first-order valence-corrected chi connectivity index (χ1v) is 4.64. The zero-order valence-electron chi connectivity index (χ0n) is 8.44. The van der Waals surface area contributed by atoms with Crippen molar-refractivity contribution < 1.29 is 26.7 Å². The second-order valence-corrected chi connectivity index (χ2v) is 3.62. The van der Waals surface area contributed by atoms with Crippen molar-refractivity contribution in [3.63, 3.8) is 0 Å². The van der Waals surface area contributed by atoms with E-state index in [4.69, 9.17) is 0 Å². The summed E-state index contributed by atoms with van der Waals surface area (Å²) in [4.78, 5) is 11.7. The van der Waals surface area contributed by atoms with Crippen LogP contribution >= 0.6 is 0 Å². The number of piperazine rings is 1. The average Bonchev–Trinajstić information content (AvgIpc) is 2.15. The topological polar surface area (TPSA) is 32.3 Å². The molecular formula is C8H11F5N2O. The van der Waals surface area contributed by atoms with E-state index in [9.17, 15) is 26.7 Å². The lowest BCUT2D eigenvalue weighted by Gasteiger charge is -2.36. The standard InChI is InChI=1S/C8H11F5N2O/c1-5-4-14-2-3-15(5)6(16)7(9,10)8(11,12)13/h5,14H,2-4H2,1H3/t5-/m0/s1. The summed E-state index contributed by atoms with van der Waals surface area (Å²) in [6.07, 6.45) is -5.84. The highest BCUT2D eigenvalue weighted by Crippen LogP contribution is 2.37. The van der Waals surface area contributed by atoms with Crippen molar-refractivity contribution in [3.8, 4) is 0 Å². The van der Waals surface area contributed by atoms with Gasteiger partial charge in [0.2, 0.25) is 0 Å². The van der Waals surface area contributed by atoms with Gasteiger partial charge in [0.1, 0.15) is 0 Å². The molecule has 1 saturated heterocycles. The predicted molar refractivity (Wildman–Crippen MR) is 45.0 cm³/mol. The van der Waals surface area contributed by atoms with Gasteiger partial charge in [-0.2, -0.15) is 22.0 Å². The van der Waals surface area contributed by atoms with Crippen LogP contribution in [-0.2, 0) is 4.79 Å². The summed E-state index contributed by atoms with van der Waals surface area (Å²) >= 11 is 0. The molecule has 0 aromatic carbocycles. The molecule has 16 heavy (non-hydrogen) atoms. The van der Waals surface area contributed by atoms with Crippen LogP contribution in [0.2, 0.25) is 0 Å².